The zero-order chi connectivity index (χ0) is 20.5. The lowest BCUT2D eigenvalue weighted by molar-refractivity contribution is 0.0263. The molecule has 2 fully saturated rings. The van der Waals surface area contributed by atoms with E-state index in [0.29, 0.717) is 6.10 Å². The Balaban J connectivity index is 0.00000320. The van der Waals surface area contributed by atoms with E-state index in [1.807, 2.05) is 0 Å². The molecule has 2 heterocycles. The predicted octanol–water partition coefficient (Wildman–Crippen LogP) is 3.02. The molecule has 1 aromatic rings. The maximum atomic E-state index is 5.78. The SMILES string of the molecule is CCNC(=NCc1ccc(CN2CCN(C)CC2)cc1)N1CCC(OCC)CC1.I. The summed E-state index contributed by atoms with van der Waals surface area (Å²) in [5, 5.41) is 3.46. The highest BCUT2D eigenvalue weighted by Crippen LogP contribution is 2.15. The van der Waals surface area contributed by atoms with Crippen LogP contribution in [-0.2, 0) is 17.8 Å². The number of halogens is 1. The Morgan fingerprint density at radius 3 is 2.23 bits per heavy atom. The Labute approximate surface area is 200 Å². The van der Waals surface area contributed by atoms with Crippen LogP contribution in [0.25, 0.3) is 0 Å². The third-order valence-electron chi connectivity index (χ3n) is 5.92. The van der Waals surface area contributed by atoms with Crippen molar-refractivity contribution >= 4 is 29.9 Å². The van der Waals surface area contributed by atoms with E-state index in [4.69, 9.17) is 9.73 Å². The lowest BCUT2D eigenvalue weighted by Crippen LogP contribution is -2.47. The molecule has 0 atom stereocenters. The van der Waals surface area contributed by atoms with Gasteiger partial charge in [0, 0.05) is 59.0 Å². The van der Waals surface area contributed by atoms with Crippen LogP contribution in [0.2, 0.25) is 0 Å². The molecule has 2 saturated heterocycles. The average molecular weight is 530 g/mol. The minimum atomic E-state index is 0. The Bertz CT molecular complexity index is 623. The molecule has 0 bridgehead atoms. The van der Waals surface area contributed by atoms with Gasteiger partial charge in [-0.1, -0.05) is 24.3 Å². The van der Waals surface area contributed by atoms with E-state index < -0.39 is 0 Å². The first kappa shape index (κ1) is 25.4. The van der Waals surface area contributed by atoms with E-state index in [2.05, 4.69) is 65.2 Å². The zero-order valence-corrected chi connectivity index (χ0v) is 21.3. The van der Waals surface area contributed by atoms with Gasteiger partial charge < -0.3 is 19.9 Å². The summed E-state index contributed by atoms with van der Waals surface area (Å²) in [4.78, 5) is 12.2. The lowest BCUT2D eigenvalue weighted by atomic mass is 10.1. The Morgan fingerprint density at radius 1 is 1.00 bits per heavy atom. The number of ether oxygens (including phenoxy) is 1. The number of benzene rings is 1. The van der Waals surface area contributed by atoms with Crippen LogP contribution in [0, 0.1) is 0 Å². The summed E-state index contributed by atoms with van der Waals surface area (Å²) in [6, 6.07) is 9.01. The van der Waals surface area contributed by atoms with Gasteiger partial charge in [0.1, 0.15) is 0 Å². The van der Waals surface area contributed by atoms with Crippen LogP contribution >= 0.6 is 24.0 Å². The van der Waals surface area contributed by atoms with Crippen molar-refractivity contribution in [2.45, 2.75) is 45.9 Å². The molecule has 0 aliphatic carbocycles. The van der Waals surface area contributed by atoms with Crippen molar-refractivity contribution in [2.75, 3.05) is 59.5 Å². The van der Waals surface area contributed by atoms with Crippen molar-refractivity contribution in [3.05, 3.63) is 35.4 Å². The summed E-state index contributed by atoms with van der Waals surface area (Å²) in [5.74, 6) is 1.03. The normalized spacial score (nSPS) is 19.6. The molecule has 30 heavy (non-hydrogen) atoms. The lowest BCUT2D eigenvalue weighted by Gasteiger charge is -2.34. The molecule has 2 aliphatic heterocycles. The Hall–Kier alpha value is -0.900. The number of rotatable bonds is 7. The van der Waals surface area contributed by atoms with Crippen molar-refractivity contribution in [3.63, 3.8) is 0 Å². The van der Waals surface area contributed by atoms with Crippen molar-refractivity contribution in [3.8, 4) is 0 Å². The smallest absolute Gasteiger partial charge is 0.194 e. The Kier molecular flexibility index (Phi) is 11.4. The fourth-order valence-corrected chi connectivity index (χ4v) is 4.08. The first-order chi connectivity index (χ1) is 14.2. The number of piperazine rings is 1. The van der Waals surface area contributed by atoms with Gasteiger partial charge in [0.05, 0.1) is 12.6 Å². The van der Waals surface area contributed by atoms with Crippen LogP contribution in [0.15, 0.2) is 29.3 Å². The van der Waals surface area contributed by atoms with Gasteiger partial charge in [-0.3, -0.25) is 4.90 Å². The highest BCUT2D eigenvalue weighted by molar-refractivity contribution is 14.0. The molecule has 6 nitrogen and oxygen atoms in total. The maximum Gasteiger partial charge on any atom is 0.194 e. The van der Waals surface area contributed by atoms with E-state index in [-0.39, 0.29) is 24.0 Å². The van der Waals surface area contributed by atoms with Crippen LogP contribution in [-0.4, -0.2) is 86.2 Å². The quantitative estimate of drug-likeness (QED) is 0.334. The number of likely N-dealkylation sites (tertiary alicyclic amines) is 1. The fraction of sp³-hybridized carbons (Fsp3) is 0.696. The largest absolute Gasteiger partial charge is 0.378 e. The zero-order valence-electron chi connectivity index (χ0n) is 19.0. The molecule has 0 radical (unpaired) electrons. The van der Waals surface area contributed by atoms with E-state index >= 15 is 0 Å². The number of hydrogen-bond acceptors (Lipinski definition) is 4. The molecule has 0 saturated carbocycles. The predicted molar refractivity (Wildman–Crippen MR) is 136 cm³/mol. The van der Waals surface area contributed by atoms with Crippen LogP contribution in [0.4, 0.5) is 0 Å². The van der Waals surface area contributed by atoms with Crippen LogP contribution < -0.4 is 5.32 Å². The molecule has 170 valence electrons. The highest BCUT2D eigenvalue weighted by Gasteiger charge is 2.21. The summed E-state index contributed by atoms with van der Waals surface area (Å²) >= 11 is 0. The van der Waals surface area contributed by atoms with Crippen LogP contribution in [0.5, 0.6) is 0 Å². The second-order valence-corrected chi connectivity index (χ2v) is 8.21. The molecule has 3 rings (SSSR count). The highest BCUT2D eigenvalue weighted by atomic mass is 127. The second kappa shape index (κ2) is 13.5. The number of nitrogens with zero attached hydrogens (tertiary/aromatic N) is 4. The number of guanidine groups is 1. The summed E-state index contributed by atoms with van der Waals surface area (Å²) in [5.41, 5.74) is 2.67. The third-order valence-corrected chi connectivity index (χ3v) is 5.92. The topological polar surface area (TPSA) is 43.3 Å². The summed E-state index contributed by atoms with van der Waals surface area (Å²) in [6.45, 7) is 14.4. The molecular formula is C23H40IN5O. The van der Waals surface area contributed by atoms with Gasteiger partial charge in [0.2, 0.25) is 0 Å². The van der Waals surface area contributed by atoms with Crippen molar-refractivity contribution < 1.29 is 4.74 Å². The van der Waals surface area contributed by atoms with Crippen LogP contribution in [0.1, 0.15) is 37.8 Å². The van der Waals surface area contributed by atoms with Gasteiger partial charge in [-0.15, -0.1) is 24.0 Å². The van der Waals surface area contributed by atoms with Gasteiger partial charge in [0.15, 0.2) is 5.96 Å². The van der Waals surface area contributed by atoms with Gasteiger partial charge in [-0.05, 0) is 44.9 Å². The third kappa shape index (κ3) is 7.98. The van der Waals surface area contributed by atoms with Gasteiger partial charge in [-0.2, -0.15) is 0 Å². The van der Waals surface area contributed by atoms with E-state index in [0.717, 1.165) is 71.2 Å². The molecule has 0 aromatic heterocycles. The summed E-state index contributed by atoms with van der Waals surface area (Å²) in [6.07, 6.45) is 2.57. The fourth-order valence-electron chi connectivity index (χ4n) is 4.08. The molecule has 7 heteroatoms. The molecule has 0 amide bonds. The van der Waals surface area contributed by atoms with Gasteiger partial charge in [0.25, 0.3) is 0 Å². The number of hydrogen-bond donors (Lipinski definition) is 1. The second-order valence-electron chi connectivity index (χ2n) is 8.21. The first-order valence-electron chi connectivity index (χ1n) is 11.3. The molecule has 0 unspecified atom stereocenters. The summed E-state index contributed by atoms with van der Waals surface area (Å²) in [7, 11) is 2.20. The summed E-state index contributed by atoms with van der Waals surface area (Å²) < 4.78 is 5.78. The molecule has 2 aliphatic rings. The van der Waals surface area contributed by atoms with Crippen molar-refractivity contribution in [2.24, 2.45) is 4.99 Å². The molecule has 1 N–H and O–H groups in total. The van der Waals surface area contributed by atoms with E-state index in [1.54, 1.807) is 0 Å². The first-order valence-corrected chi connectivity index (χ1v) is 11.3. The van der Waals surface area contributed by atoms with Crippen LogP contribution in [0.3, 0.4) is 0 Å². The average Bonchev–Trinajstić information content (AvgIpc) is 2.75. The van der Waals surface area contributed by atoms with E-state index in [9.17, 15) is 0 Å². The number of piperidine rings is 1. The number of likely N-dealkylation sites (N-methyl/N-ethyl adjacent to an activating group) is 1. The van der Waals surface area contributed by atoms with E-state index in [1.165, 1.54) is 24.2 Å². The Morgan fingerprint density at radius 2 is 1.63 bits per heavy atom. The number of aliphatic imine (C=N–C) groups is 1. The monoisotopic (exact) mass is 529 g/mol. The molecule has 0 spiro atoms. The minimum absolute atomic E-state index is 0. The maximum absolute atomic E-state index is 5.78. The number of nitrogens with one attached hydrogen (secondary N) is 1. The van der Waals surface area contributed by atoms with Crippen molar-refractivity contribution in [1.82, 2.24) is 20.0 Å². The van der Waals surface area contributed by atoms with Gasteiger partial charge in [-0.25, -0.2) is 4.99 Å². The standard InChI is InChI=1S/C23H39N5O.HI/c1-4-24-23(28-12-10-22(11-13-28)29-5-2)25-18-20-6-8-21(9-7-20)19-27-16-14-26(3)15-17-27;/h6-9,22H,4-5,10-19H2,1-3H3,(H,24,25);1H. The molecular weight excluding hydrogens is 489 g/mol. The van der Waals surface area contributed by atoms with Crippen molar-refractivity contribution in [1.29, 1.82) is 0 Å². The van der Waals surface area contributed by atoms with Gasteiger partial charge >= 0.3 is 0 Å². The minimum Gasteiger partial charge on any atom is -0.378 e. The molecule has 1 aromatic carbocycles.